The number of rotatable bonds is 4. The van der Waals surface area contributed by atoms with Crippen LogP contribution < -0.4 is 0 Å². The maximum atomic E-state index is 5.41. The van der Waals surface area contributed by atoms with Gasteiger partial charge in [0.05, 0.1) is 11.0 Å². The van der Waals surface area contributed by atoms with Crippen LogP contribution in [0.3, 0.4) is 0 Å². The van der Waals surface area contributed by atoms with Gasteiger partial charge in [-0.3, -0.25) is 4.57 Å². The van der Waals surface area contributed by atoms with Crippen molar-refractivity contribution in [2.24, 2.45) is 0 Å². The van der Waals surface area contributed by atoms with Crippen molar-refractivity contribution in [3.05, 3.63) is 182 Å². The Hall–Kier alpha value is -6.51. The zero-order valence-corrected chi connectivity index (χ0v) is 26.7. The van der Waals surface area contributed by atoms with Crippen molar-refractivity contribution in [3.8, 4) is 39.3 Å². The van der Waals surface area contributed by atoms with Crippen LogP contribution in [0.4, 0.5) is 0 Å². The van der Waals surface area contributed by atoms with Crippen LogP contribution in [0.2, 0.25) is 0 Å². The van der Waals surface area contributed by atoms with E-state index in [4.69, 9.17) is 4.98 Å². The molecule has 0 N–H and O–H groups in total. The molecule has 10 rings (SSSR count). The van der Waals surface area contributed by atoms with Gasteiger partial charge in [-0.05, 0) is 84.2 Å². The summed E-state index contributed by atoms with van der Waals surface area (Å²) in [7, 11) is 0. The van der Waals surface area contributed by atoms with Crippen LogP contribution in [-0.4, -0.2) is 9.55 Å². The summed E-state index contributed by atoms with van der Waals surface area (Å²) in [5.41, 5.74) is 9.20. The maximum Gasteiger partial charge on any atom is 0.145 e. The molecule has 0 aliphatic carbocycles. The number of benzene rings is 9. The van der Waals surface area contributed by atoms with Gasteiger partial charge in [0.15, 0.2) is 0 Å². The zero-order valence-electron chi connectivity index (χ0n) is 26.7. The molecule has 0 unspecified atom stereocenters. The lowest BCUT2D eigenvalue weighted by molar-refractivity contribution is 1.11. The third-order valence-corrected chi connectivity index (χ3v) is 9.94. The monoisotopic (exact) mass is 622 g/mol. The minimum atomic E-state index is 0.936. The van der Waals surface area contributed by atoms with Crippen molar-refractivity contribution in [1.82, 2.24) is 9.55 Å². The molecule has 1 aromatic heterocycles. The van der Waals surface area contributed by atoms with Crippen LogP contribution in [0.15, 0.2) is 182 Å². The number of nitrogens with zero attached hydrogens (tertiary/aromatic N) is 2. The quantitative estimate of drug-likeness (QED) is 0.179. The molecule has 9 aromatic carbocycles. The Morgan fingerprint density at radius 3 is 1.57 bits per heavy atom. The Labute approximate surface area is 284 Å². The summed E-state index contributed by atoms with van der Waals surface area (Å²) >= 11 is 0. The molecule has 0 saturated carbocycles. The normalized spacial score (nSPS) is 11.7. The molecule has 0 amide bonds. The summed E-state index contributed by atoms with van der Waals surface area (Å²) < 4.78 is 2.33. The maximum absolute atomic E-state index is 5.41. The number of fused-ring (bicyclic) bond motifs is 6. The van der Waals surface area contributed by atoms with Crippen LogP contribution in [0.25, 0.3) is 93.5 Å². The highest BCUT2D eigenvalue weighted by Crippen LogP contribution is 2.47. The van der Waals surface area contributed by atoms with Crippen molar-refractivity contribution in [2.75, 3.05) is 0 Å². The number of aromatic nitrogens is 2. The first kappa shape index (κ1) is 27.6. The lowest BCUT2D eigenvalue weighted by Gasteiger charge is -2.19. The Morgan fingerprint density at radius 1 is 0.367 bits per heavy atom. The smallest absolute Gasteiger partial charge is 0.145 e. The van der Waals surface area contributed by atoms with Crippen molar-refractivity contribution in [3.63, 3.8) is 0 Å². The van der Waals surface area contributed by atoms with E-state index >= 15 is 0 Å². The van der Waals surface area contributed by atoms with Gasteiger partial charge in [-0.15, -0.1) is 0 Å². The summed E-state index contributed by atoms with van der Waals surface area (Å²) in [6.07, 6.45) is 0. The Bertz CT molecular complexity index is 2810. The van der Waals surface area contributed by atoms with Crippen LogP contribution in [0, 0.1) is 0 Å². The Kier molecular flexibility index (Phi) is 6.22. The average Bonchev–Trinajstić information content (AvgIpc) is 3.57. The van der Waals surface area contributed by atoms with Gasteiger partial charge in [0.2, 0.25) is 0 Å². The molecule has 0 radical (unpaired) electrons. The molecule has 228 valence electrons. The van der Waals surface area contributed by atoms with Crippen molar-refractivity contribution >= 4 is 54.1 Å². The summed E-state index contributed by atoms with van der Waals surface area (Å²) in [4.78, 5) is 5.41. The number of imidazole rings is 1. The van der Waals surface area contributed by atoms with E-state index in [-0.39, 0.29) is 0 Å². The predicted molar refractivity (Wildman–Crippen MR) is 207 cm³/mol. The first-order chi connectivity index (χ1) is 24.3. The fraction of sp³-hybridized carbons (Fsp3) is 0. The van der Waals surface area contributed by atoms with Gasteiger partial charge in [0.25, 0.3) is 0 Å². The van der Waals surface area contributed by atoms with E-state index in [2.05, 4.69) is 187 Å². The molecule has 0 saturated heterocycles. The molecule has 2 heteroatoms. The van der Waals surface area contributed by atoms with E-state index in [1.54, 1.807) is 0 Å². The minimum Gasteiger partial charge on any atom is -0.292 e. The van der Waals surface area contributed by atoms with Crippen LogP contribution in [0.5, 0.6) is 0 Å². The predicted octanol–water partition coefficient (Wildman–Crippen LogP) is 12.6. The molecule has 1 heterocycles. The van der Waals surface area contributed by atoms with E-state index in [9.17, 15) is 0 Å². The fourth-order valence-corrected chi connectivity index (χ4v) is 7.83. The Morgan fingerprint density at radius 2 is 0.898 bits per heavy atom. The second kappa shape index (κ2) is 11.0. The highest BCUT2D eigenvalue weighted by Gasteiger charge is 2.22. The van der Waals surface area contributed by atoms with Crippen molar-refractivity contribution in [1.29, 1.82) is 0 Å². The van der Waals surface area contributed by atoms with Crippen molar-refractivity contribution in [2.45, 2.75) is 0 Å². The first-order valence-corrected chi connectivity index (χ1v) is 16.8. The third-order valence-electron chi connectivity index (χ3n) is 9.94. The molecule has 49 heavy (non-hydrogen) atoms. The lowest BCUT2D eigenvalue weighted by Crippen LogP contribution is -1.98. The summed E-state index contributed by atoms with van der Waals surface area (Å²) in [5.74, 6) is 0.936. The van der Waals surface area contributed by atoms with Crippen LogP contribution >= 0.6 is 0 Å². The van der Waals surface area contributed by atoms with Crippen molar-refractivity contribution < 1.29 is 0 Å². The first-order valence-electron chi connectivity index (χ1n) is 16.8. The number of para-hydroxylation sites is 1. The zero-order chi connectivity index (χ0) is 32.3. The van der Waals surface area contributed by atoms with E-state index in [1.165, 1.54) is 65.3 Å². The highest BCUT2D eigenvalue weighted by atomic mass is 15.1. The topological polar surface area (TPSA) is 17.8 Å². The van der Waals surface area contributed by atoms with Gasteiger partial charge in [-0.1, -0.05) is 158 Å². The van der Waals surface area contributed by atoms with E-state index in [1.807, 2.05) is 0 Å². The Balaban J connectivity index is 1.34. The van der Waals surface area contributed by atoms with Gasteiger partial charge in [-0.2, -0.15) is 0 Å². The van der Waals surface area contributed by atoms with Gasteiger partial charge in [-0.25, -0.2) is 4.98 Å². The molecular formula is C47H30N2. The van der Waals surface area contributed by atoms with Gasteiger partial charge >= 0.3 is 0 Å². The lowest BCUT2D eigenvalue weighted by atomic mass is 9.84. The second-order valence-electron chi connectivity index (χ2n) is 12.7. The van der Waals surface area contributed by atoms with E-state index in [0.29, 0.717) is 0 Å². The molecule has 0 spiro atoms. The average molecular weight is 623 g/mol. The van der Waals surface area contributed by atoms with Gasteiger partial charge in [0, 0.05) is 16.6 Å². The molecular weight excluding hydrogens is 593 g/mol. The summed E-state index contributed by atoms with van der Waals surface area (Å²) in [6.45, 7) is 0. The summed E-state index contributed by atoms with van der Waals surface area (Å²) in [6, 6.07) is 65.6. The highest BCUT2D eigenvalue weighted by molar-refractivity contribution is 6.25. The van der Waals surface area contributed by atoms with Crippen LogP contribution in [0.1, 0.15) is 0 Å². The van der Waals surface area contributed by atoms with Crippen LogP contribution in [-0.2, 0) is 0 Å². The minimum absolute atomic E-state index is 0.936. The van der Waals surface area contributed by atoms with Gasteiger partial charge < -0.3 is 0 Å². The second-order valence-corrected chi connectivity index (χ2v) is 12.7. The molecule has 0 aliphatic heterocycles. The standard InChI is InChI=1S/C47H30N2/c1-3-16-32(17-4-1)47-48-43-30-42(36-21-9-14-26-41(36)46(43)49(47)35-19-5-2-6-20-35)45-39-24-12-10-22-37(39)44(38-23-11-13-25-40(38)45)34-28-27-31-15-7-8-18-33(31)29-34/h1-30H. The molecule has 0 bridgehead atoms. The molecule has 0 atom stereocenters. The largest absolute Gasteiger partial charge is 0.292 e. The molecule has 2 nitrogen and oxygen atoms in total. The van der Waals surface area contributed by atoms with E-state index < -0.39 is 0 Å². The molecule has 0 fully saturated rings. The SMILES string of the molecule is c1ccc(-c2nc3cc(-c4c5ccccc5c(-c5ccc6ccccc6c5)c5ccccc45)c4ccccc4c3n2-c2ccccc2)cc1. The third kappa shape index (κ3) is 4.31. The molecule has 0 aliphatic rings. The van der Waals surface area contributed by atoms with E-state index in [0.717, 1.165) is 28.1 Å². The molecule has 10 aromatic rings. The van der Waals surface area contributed by atoms with Gasteiger partial charge in [0.1, 0.15) is 5.82 Å². The number of hydrogen-bond donors (Lipinski definition) is 0. The summed E-state index contributed by atoms with van der Waals surface area (Å²) in [5, 5.41) is 9.85. The fourth-order valence-electron chi connectivity index (χ4n) is 7.83. The number of hydrogen-bond acceptors (Lipinski definition) is 1.